The Hall–Kier alpha value is -1.87. The maximum atomic E-state index is 12.2. The number of aryl methyl sites for hydroxylation is 2. The van der Waals surface area contributed by atoms with Gasteiger partial charge in [-0.25, -0.2) is 0 Å². The molecule has 1 aromatic heterocycles. The Kier molecular flexibility index (Phi) is 5.19. The third-order valence-corrected chi connectivity index (χ3v) is 4.03. The van der Waals surface area contributed by atoms with E-state index in [1.807, 2.05) is 13.1 Å². The van der Waals surface area contributed by atoms with Gasteiger partial charge in [0.2, 0.25) is 0 Å². The highest BCUT2D eigenvalue weighted by atomic mass is 16.1. The SMILES string of the molecule is Cc1cccc(-n2cc(CNCC(C)C)c(=O)cc2C)c1C. The molecule has 0 aliphatic carbocycles. The van der Waals surface area contributed by atoms with E-state index in [0.29, 0.717) is 12.5 Å². The summed E-state index contributed by atoms with van der Waals surface area (Å²) >= 11 is 0. The topological polar surface area (TPSA) is 34.0 Å². The molecule has 3 heteroatoms. The Morgan fingerprint density at radius 3 is 2.59 bits per heavy atom. The van der Waals surface area contributed by atoms with Crippen LogP contribution >= 0.6 is 0 Å². The highest BCUT2D eigenvalue weighted by Crippen LogP contribution is 2.19. The summed E-state index contributed by atoms with van der Waals surface area (Å²) in [5, 5.41) is 3.35. The summed E-state index contributed by atoms with van der Waals surface area (Å²) < 4.78 is 2.12. The lowest BCUT2D eigenvalue weighted by Gasteiger charge is -2.17. The summed E-state index contributed by atoms with van der Waals surface area (Å²) in [6, 6.07) is 8.01. The molecule has 0 unspecified atom stereocenters. The van der Waals surface area contributed by atoms with E-state index in [0.717, 1.165) is 23.5 Å². The van der Waals surface area contributed by atoms with Gasteiger partial charge in [0.25, 0.3) is 0 Å². The first-order chi connectivity index (χ1) is 10.4. The number of hydrogen-bond acceptors (Lipinski definition) is 2. The van der Waals surface area contributed by atoms with Gasteiger partial charge in [0, 0.05) is 35.8 Å². The van der Waals surface area contributed by atoms with Crippen molar-refractivity contribution >= 4 is 0 Å². The molecule has 118 valence electrons. The van der Waals surface area contributed by atoms with Gasteiger partial charge in [0.05, 0.1) is 0 Å². The van der Waals surface area contributed by atoms with Crippen LogP contribution in [0, 0.1) is 26.7 Å². The standard InChI is InChI=1S/C19H26N2O/c1-13(2)10-20-11-17-12-21(15(4)9-19(17)22)18-8-6-7-14(3)16(18)5/h6-9,12-13,20H,10-11H2,1-5H3. The molecule has 0 fully saturated rings. The summed E-state index contributed by atoms with van der Waals surface area (Å²) in [6.45, 7) is 12.1. The van der Waals surface area contributed by atoms with E-state index in [2.05, 4.69) is 55.8 Å². The fraction of sp³-hybridized carbons (Fsp3) is 0.421. The second-order valence-corrected chi connectivity index (χ2v) is 6.42. The zero-order chi connectivity index (χ0) is 16.3. The van der Waals surface area contributed by atoms with Crippen molar-refractivity contribution in [3.8, 4) is 5.69 Å². The van der Waals surface area contributed by atoms with Crippen LogP contribution in [0.25, 0.3) is 5.69 Å². The lowest BCUT2D eigenvalue weighted by Crippen LogP contribution is -2.24. The minimum Gasteiger partial charge on any atom is -0.320 e. The molecular weight excluding hydrogens is 272 g/mol. The number of aromatic nitrogens is 1. The molecule has 0 spiro atoms. The molecule has 0 amide bonds. The Bertz CT molecular complexity index is 714. The van der Waals surface area contributed by atoms with Crippen LogP contribution in [-0.2, 0) is 6.54 Å². The Balaban J connectivity index is 2.40. The summed E-state index contributed by atoms with van der Waals surface area (Å²) in [7, 11) is 0. The average molecular weight is 298 g/mol. The van der Waals surface area contributed by atoms with Crippen molar-refractivity contribution in [1.29, 1.82) is 0 Å². The van der Waals surface area contributed by atoms with Gasteiger partial charge >= 0.3 is 0 Å². The monoisotopic (exact) mass is 298 g/mol. The van der Waals surface area contributed by atoms with Crippen LogP contribution in [0.5, 0.6) is 0 Å². The van der Waals surface area contributed by atoms with Gasteiger partial charge in [-0.1, -0.05) is 26.0 Å². The molecule has 0 aliphatic heterocycles. The smallest absolute Gasteiger partial charge is 0.186 e. The normalized spacial score (nSPS) is 11.2. The highest BCUT2D eigenvalue weighted by Gasteiger charge is 2.08. The van der Waals surface area contributed by atoms with E-state index in [9.17, 15) is 4.79 Å². The van der Waals surface area contributed by atoms with E-state index < -0.39 is 0 Å². The van der Waals surface area contributed by atoms with Gasteiger partial charge in [-0.15, -0.1) is 0 Å². The second kappa shape index (κ2) is 6.93. The number of benzene rings is 1. The number of nitrogens with one attached hydrogen (secondary N) is 1. The van der Waals surface area contributed by atoms with Crippen LogP contribution in [0.4, 0.5) is 0 Å². The molecule has 22 heavy (non-hydrogen) atoms. The largest absolute Gasteiger partial charge is 0.320 e. The molecule has 0 aliphatic rings. The maximum absolute atomic E-state index is 12.2. The Morgan fingerprint density at radius 1 is 1.18 bits per heavy atom. The molecule has 0 saturated heterocycles. The van der Waals surface area contributed by atoms with E-state index in [1.54, 1.807) is 6.07 Å². The molecular formula is C19H26N2O. The lowest BCUT2D eigenvalue weighted by molar-refractivity contribution is 0.550. The maximum Gasteiger partial charge on any atom is 0.186 e. The van der Waals surface area contributed by atoms with Gasteiger partial charge < -0.3 is 9.88 Å². The first-order valence-electron chi connectivity index (χ1n) is 7.89. The molecule has 2 aromatic rings. The third-order valence-electron chi connectivity index (χ3n) is 4.03. The molecule has 1 heterocycles. The minimum absolute atomic E-state index is 0.107. The van der Waals surface area contributed by atoms with Crippen molar-refractivity contribution in [1.82, 2.24) is 9.88 Å². The first-order valence-corrected chi connectivity index (χ1v) is 7.89. The number of pyridine rings is 1. The fourth-order valence-corrected chi connectivity index (χ4v) is 2.56. The summed E-state index contributed by atoms with van der Waals surface area (Å²) in [6.07, 6.45) is 1.98. The van der Waals surface area contributed by atoms with Crippen molar-refractivity contribution in [3.63, 3.8) is 0 Å². The fourth-order valence-electron chi connectivity index (χ4n) is 2.56. The van der Waals surface area contributed by atoms with Crippen molar-refractivity contribution in [2.24, 2.45) is 5.92 Å². The quantitative estimate of drug-likeness (QED) is 0.916. The molecule has 0 bridgehead atoms. The van der Waals surface area contributed by atoms with Gasteiger partial charge in [0.15, 0.2) is 5.43 Å². The van der Waals surface area contributed by atoms with Crippen molar-refractivity contribution in [2.45, 2.75) is 41.2 Å². The van der Waals surface area contributed by atoms with E-state index in [4.69, 9.17) is 0 Å². The van der Waals surface area contributed by atoms with Gasteiger partial charge in [-0.3, -0.25) is 4.79 Å². The van der Waals surface area contributed by atoms with E-state index >= 15 is 0 Å². The second-order valence-electron chi connectivity index (χ2n) is 6.42. The van der Waals surface area contributed by atoms with Crippen molar-refractivity contribution in [3.05, 3.63) is 63.1 Å². The van der Waals surface area contributed by atoms with Crippen LogP contribution in [0.2, 0.25) is 0 Å². The van der Waals surface area contributed by atoms with Crippen LogP contribution in [0.15, 0.2) is 35.3 Å². The van der Waals surface area contributed by atoms with Crippen LogP contribution in [0.3, 0.4) is 0 Å². The lowest BCUT2D eigenvalue weighted by atomic mass is 10.1. The summed E-state index contributed by atoms with van der Waals surface area (Å²) in [4.78, 5) is 12.2. The van der Waals surface area contributed by atoms with Crippen LogP contribution in [-0.4, -0.2) is 11.1 Å². The Morgan fingerprint density at radius 2 is 1.91 bits per heavy atom. The highest BCUT2D eigenvalue weighted by molar-refractivity contribution is 5.46. The molecule has 3 nitrogen and oxygen atoms in total. The van der Waals surface area contributed by atoms with Gasteiger partial charge in [-0.2, -0.15) is 0 Å². The van der Waals surface area contributed by atoms with E-state index in [-0.39, 0.29) is 5.43 Å². The zero-order valence-corrected chi connectivity index (χ0v) is 14.2. The zero-order valence-electron chi connectivity index (χ0n) is 14.2. The number of nitrogens with zero attached hydrogens (tertiary/aromatic N) is 1. The van der Waals surface area contributed by atoms with Crippen molar-refractivity contribution in [2.75, 3.05) is 6.54 Å². The third kappa shape index (κ3) is 3.66. The molecule has 1 N–H and O–H groups in total. The molecule has 0 radical (unpaired) electrons. The summed E-state index contributed by atoms with van der Waals surface area (Å²) in [5.74, 6) is 0.576. The predicted molar refractivity (Wildman–Crippen MR) is 92.8 cm³/mol. The van der Waals surface area contributed by atoms with Crippen LogP contribution in [0.1, 0.15) is 36.2 Å². The number of hydrogen-bond donors (Lipinski definition) is 1. The molecule has 0 atom stereocenters. The predicted octanol–water partition coefficient (Wildman–Crippen LogP) is 3.51. The average Bonchev–Trinajstić information content (AvgIpc) is 2.44. The van der Waals surface area contributed by atoms with Crippen molar-refractivity contribution < 1.29 is 0 Å². The van der Waals surface area contributed by atoms with E-state index in [1.165, 1.54) is 11.1 Å². The molecule has 1 aromatic carbocycles. The van der Waals surface area contributed by atoms with Crippen LogP contribution < -0.4 is 10.7 Å². The Labute approximate surface area is 133 Å². The summed E-state index contributed by atoms with van der Waals surface area (Å²) in [5.41, 5.74) is 5.53. The van der Waals surface area contributed by atoms with Gasteiger partial charge in [0.1, 0.15) is 0 Å². The number of rotatable bonds is 5. The molecule has 0 saturated carbocycles. The van der Waals surface area contributed by atoms with Gasteiger partial charge in [-0.05, 0) is 50.4 Å². The first kappa shape index (κ1) is 16.5. The molecule has 2 rings (SSSR count). The minimum atomic E-state index is 0.107.